The van der Waals surface area contributed by atoms with Crippen LogP contribution in [0.3, 0.4) is 0 Å². The Kier molecular flexibility index (Phi) is 4.20. The zero-order valence-electron chi connectivity index (χ0n) is 12.3. The molecule has 1 aliphatic rings. The van der Waals surface area contributed by atoms with Crippen molar-refractivity contribution in [2.24, 2.45) is 0 Å². The van der Waals surface area contributed by atoms with E-state index in [1.54, 1.807) is 29.2 Å². The number of nitriles is 1. The number of ether oxygens (including phenoxy) is 1. The third kappa shape index (κ3) is 3.29. The molecule has 0 spiro atoms. The molecule has 0 aliphatic carbocycles. The van der Waals surface area contributed by atoms with Gasteiger partial charge in [0.15, 0.2) is 0 Å². The highest BCUT2D eigenvalue weighted by atomic mass is 19.1. The van der Waals surface area contributed by atoms with E-state index in [2.05, 4.69) is 4.98 Å². The largest absolute Gasteiger partial charge is 0.472 e. The van der Waals surface area contributed by atoms with Crippen molar-refractivity contribution in [2.45, 2.75) is 12.5 Å². The van der Waals surface area contributed by atoms with Crippen LogP contribution in [0, 0.1) is 17.1 Å². The highest BCUT2D eigenvalue weighted by Gasteiger charge is 2.29. The summed E-state index contributed by atoms with van der Waals surface area (Å²) in [6.07, 6.45) is 1.93. The Morgan fingerprint density at radius 1 is 1.39 bits per heavy atom. The Morgan fingerprint density at radius 2 is 2.22 bits per heavy atom. The summed E-state index contributed by atoms with van der Waals surface area (Å²) in [6, 6.07) is 11.1. The maximum absolute atomic E-state index is 13.7. The van der Waals surface area contributed by atoms with E-state index in [-0.39, 0.29) is 17.6 Å². The standard InChI is InChI=1S/C17H14FN3O2/c18-15-4-2-1-3-14(15)17(22)21-8-6-13(11-21)23-16-9-12(10-19)5-7-20-16/h1-5,7,9,13H,6,8,11H2. The molecule has 2 heterocycles. The third-order valence-corrected chi connectivity index (χ3v) is 3.69. The van der Waals surface area contributed by atoms with Crippen LogP contribution in [0.1, 0.15) is 22.3 Å². The van der Waals surface area contributed by atoms with Gasteiger partial charge in [-0.05, 0) is 18.2 Å². The number of amides is 1. The molecule has 1 aromatic carbocycles. The molecule has 1 aliphatic heterocycles. The van der Waals surface area contributed by atoms with Gasteiger partial charge in [-0.3, -0.25) is 4.79 Å². The van der Waals surface area contributed by atoms with E-state index in [0.717, 1.165) is 0 Å². The molecule has 116 valence electrons. The molecule has 23 heavy (non-hydrogen) atoms. The van der Waals surface area contributed by atoms with Crippen LogP contribution in [0.15, 0.2) is 42.6 Å². The van der Waals surface area contributed by atoms with Crippen molar-refractivity contribution in [2.75, 3.05) is 13.1 Å². The normalized spacial score (nSPS) is 16.9. The second-order valence-electron chi connectivity index (χ2n) is 5.25. The highest BCUT2D eigenvalue weighted by Crippen LogP contribution is 2.20. The van der Waals surface area contributed by atoms with Gasteiger partial charge in [-0.15, -0.1) is 0 Å². The maximum atomic E-state index is 13.7. The van der Waals surface area contributed by atoms with Crippen molar-refractivity contribution in [1.29, 1.82) is 5.26 Å². The average molecular weight is 311 g/mol. The lowest BCUT2D eigenvalue weighted by Gasteiger charge is -2.17. The van der Waals surface area contributed by atoms with Crippen molar-refractivity contribution in [1.82, 2.24) is 9.88 Å². The number of likely N-dealkylation sites (tertiary alicyclic amines) is 1. The molecule has 0 N–H and O–H groups in total. The predicted octanol–water partition coefficient (Wildman–Crippen LogP) is 2.39. The van der Waals surface area contributed by atoms with Gasteiger partial charge in [0.05, 0.1) is 23.7 Å². The molecular formula is C17H14FN3O2. The van der Waals surface area contributed by atoms with Crippen LogP contribution < -0.4 is 4.74 Å². The number of nitrogens with zero attached hydrogens (tertiary/aromatic N) is 3. The Hall–Kier alpha value is -2.94. The number of hydrogen-bond acceptors (Lipinski definition) is 4. The summed E-state index contributed by atoms with van der Waals surface area (Å²) in [5, 5.41) is 8.87. The number of pyridine rings is 1. The minimum Gasteiger partial charge on any atom is -0.472 e. The first kappa shape index (κ1) is 15.0. The molecule has 1 unspecified atom stereocenters. The highest BCUT2D eigenvalue weighted by molar-refractivity contribution is 5.94. The quantitative estimate of drug-likeness (QED) is 0.873. The molecule has 5 nitrogen and oxygen atoms in total. The van der Waals surface area contributed by atoms with Crippen LogP contribution in [-0.4, -0.2) is 35.0 Å². The van der Waals surface area contributed by atoms with E-state index in [1.807, 2.05) is 6.07 Å². The van der Waals surface area contributed by atoms with Gasteiger partial charge in [-0.1, -0.05) is 12.1 Å². The van der Waals surface area contributed by atoms with Gasteiger partial charge < -0.3 is 9.64 Å². The lowest BCUT2D eigenvalue weighted by molar-refractivity contribution is 0.0766. The molecule has 0 radical (unpaired) electrons. The zero-order chi connectivity index (χ0) is 16.2. The van der Waals surface area contributed by atoms with E-state index in [4.69, 9.17) is 10.00 Å². The van der Waals surface area contributed by atoms with Crippen molar-refractivity contribution < 1.29 is 13.9 Å². The summed E-state index contributed by atoms with van der Waals surface area (Å²) in [5.74, 6) is -0.507. The topological polar surface area (TPSA) is 66.2 Å². The average Bonchev–Trinajstić information content (AvgIpc) is 3.03. The van der Waals surface area contributed by atoms with E-state index in [9.17, 15) is 9.18 Å². The fraction of sp³-hybridized carbons (Fsp3) is 0.235. The van der Waals surface area contributed by atoms with E-state index < -0.39 is 5.82 Å². The van der Waals surface area contributed by atoms with Gasteiger partial charge in [-0.25, -0.2) is 9.37 Å². The van der Waals surface area contributed by atoms with E-state index in [1.165, 1.54) is 18.3 Å². The van der Waals surface area contributed by atoms with Gasteiger partial charge >= 0.3 is 0 Å². The zero-order valence-corrected chi connectivity index (χ0v) is 12.3. The number of aromatic nitrogens is 1. The van der Waals surface area contributed by atoms with Gasteiger partial charge in [0.1, 0.15) is 11.9 Å². The van der Waals surface area contributed by atoms with Gasteiger partial charge in [0.2, 0.25) is 5.88 Å². The summed E-state index contributed by atoms with van der Waals surface area (Å²) >= 11 is 0. The minimum atomic E-state index is -0.523. The second kappa shape index (κ2) is 6.44. The van der Waals surface area contributed by atoms with Crippen LogP contribution in [0.2, 0.25) is 0 Å². The first-order valence-electron chi connectivity index (χ1n) is 7.24. The third-order valence-electron chi connectivity index (χ3n) is 3.69. The lowest BCUT2D eigenvalue weighted by atomic mass is 10.2. The second-order valence-corrected chi connectivity index (χ2v) is 5.25. The smallest absolute Gasteiger partial charge is 0.256 e. The van der Waals surface area contributed by atoms with E-state index >= 15 is 0 Å². The van der Waals surface area contributed by atoms with Crippen molar-refractivity contribution >= 4 is 5.91 Å². The van der Waals surface area contributed by atoms with Crippen LogP contribution in [0.25, 0.3) is 0 Å². The van der Waals surface area contributed by atoms with Crippen LogP contribution in [-0.2, 0) is 0 Å². The van der Waals surface area contributed by atoms with Gasteiger partial charge in [0.25, 0.3) is 5.91 Å². The Morgan fingerprint density at radius 3 is 3.00 bits per heavy atom. The SMILES string of the molecule is N#Cc1ccnc(OC2CCN(C(=O)c3ccccc3F)C2)c1. The molecule has 3 rings (SSSR count). The molecule has 1 saturated heterocycles. The Labute approximate surface area is 132 Å². The van der Waals surface area contributed by atoms with Crippen LogP contribution in [0.4, 0.5) is 4.39 Å². The van der Waals surface area contributed by atoms with Crippen LogP contribution >= 0.6 is 0 Å². The molecule has 2 aromatic rings. The molecule has 1 amide bonds. The fourth-order valence-corrected chi connectivity index (χ4v) is 2.53. The molecule has 1 atom stereocenters. The number of carbonyl (C=O) groups is 1. The predicted molar refractivity (Wildman–Crippen MR) is 80.3 cm³/mol. The molecule has 1 aromatic heterocycles. The Balaban J connectivity index is 1.65. The summed E-state index contributed by atoms with van der Waals surface area (Å²) < 4.78 is 19.4. The molecule has 6 heteroatoms. The van der Waals surface area contributed by atoms with Crippen molar-refractivity contribution in [3.8, 4) is 11.9 Å². The molecule has 1 fully saturated rings. The molecular weight excluding hydrogens is 297 g/mol. The maximum Gasteiger partial charge on any atom is 0.256 e. The number of rotatable bonds is 3. The van der Waals surface area contributed by atoms with Crippen molar-refractivity contribution in [3.63, 3.8) is 0 Å². The first-order chi connectivity index (χ1) is 11.2. The van der Waals surface area contributed by atoms with Gasteiger partial charge in [0, 0.05) is 25.2 Å². The Bertz CT molecular complexity index is 772. The lowest BCUT2D eigenvalue weighted by Crippen LogP contribution is -2.31. The minimum absolute atomic E-state index is 0.0674. The van der Waals surface area contributed by atoms with Crippen LogP contribution in [0.5, 0.6) is 5.88 Å². The summed E-state index contributed by atoms with van der Waals surface area (Å²) in [5.41, 5.74) is 0.532. The molecule has 0 saturated carbocycles. The molecule has 0 bridgehead atoms. The fourth-order valence-electron chi connectivity index (χ4n) is 2.53. The summed E-state index contributed by atoms with van der Waals surface area (Å²) in [7, 11) is 0. The number of carbonyl (C=O) groups excluding carboxylic acids is 1. The summed E-state index contributed by atoms with van der Waals surface area (Å²) in [6.45, 7) is 0.863. The van der Waals surface area contributed by atoms with E-state index in [0.29, 0.717) is 31.0 Å². The summed E-state index contributed by atoms with van der Waals surface area (Å²) in [4.78, 5) is 18.0. The number of halogens is 1. The first-order valence-corrected chi connectivity index (χ1v) is 7.24. The number of benzene rings is 1. The number of hydrogen-bond donors (Lipinski definition) is 0. The monoisotopic (exact) mass is 311 g/mol. The van der Waals surface area contributed by atoms with Crippen molar-refractivity contribution in [3.05, 3.63) is 59.5 Å². The van der Waals surface area contributed by atoms with Gasteiger partial charge in [-0.2, -0.15) is 5.26 Å².